The number of aliphatic hydroxyl groups excluding tert-OH is 1. The maximum absolute atomic E-state index is 9.10. The Hall–Kier alpha value is -0.770. The third-order valence-corrected chi connectivity index (χ3v) is 3.94. The van der Waals surface area contributed by atoms with Crippen molar-refractivity contribution in [3.8, 4) is 0 Å². The van der Waals surface area contributed by atoms with Crippen molar-refractivity contribution in [2.45, 2.75) is 19.4 Å². The SMILES string of the molecule is COCC1CCN(c2ccc(CO)c(Cl)c2)CC1. The van der Waals surface area contributed by atoms with Crippen LogP contribution in [0.25, 0.3) is 0 Å². The number of hydrogen-bond acceptors (Lipinski definition) is 3. The van der Waals surface area contributed by atoms with Gasteiger partial charge in [0.2, 0.25) is 0 Å². The Morgan fingerprint density at radius 2 is 2.11 bits per heavy atom. The Morgan fingerprint density at radius 3 is 2.67 bits per heavy atom. The molecule has 100 valence electrons. The summed E-state index contributed by atoms with van der Waals surface area (Å²) in [6, 6.07) is 5.89. The molecule has 1 fully saturated rings. The average molecular weight is 270 g/mol. The molecular weight excluding hydrogens is 250 g/mol. The van der Waals surface area contributed by atoms with Gasteiger partial charge in [0.25, 0.3) is 0 Å². The van der Waals surface area contributed by atoms with Crippen LogP contribution >= 0.6 is 11.6 Å². The third-order valence-electron chi connectivity index (χ3n) is 3.59. The molecule has 1 aliphatic heterocycles. The minimum absolute atomic E-state index is 0.00493. The molecule has 1 heterocycles. The van der Waals surface area contributed by atoms with Crippen LogP contribution in [0.15, 0.2) is 18.2 Å². The molecule has 0 spiro atoms. The van der Waals surface area contributed by atoms with E-state index >= 15 is 0 Å². The number of piperidine rings is 1. The van der Waals surface area contributed by atoms with E-state index in [0.717, 1.165) is 43.8 Å². The minimum atomic E-state index is -0.00493. The molecule has 0 atom stereocenters. The number of methoxy groups -OCH3 is 1. The van der Waals surface area contributed by atoms with Crippen LogP contribution in [0.3, 0.4) is 0 Å². The Morgan fingerprint density at radius 1 is 1.39 bits per heavy atom. The highest BCUT2D eigenvalue weighted by molar-refractivity contribution is 6.31. The summed E-state index contributed by atoms with van der Waals surface area (Å²) in [7, 11) is 1.76. The first-order valence-electron chi connectivity index (χ1n) is 6.37. The van der Waals surface area contributed by atoms with Crippen molar-refractivity contribution < 1.29 is 9.84 Å². The summed E-state index contributed by atoms with van der Waals surface area (Å²) >= 11 is 6.12. The van der Waals surface area contributed by atoms with Gasteiger partial charge in [0.15, 0.2) is 0 Å². The number of ether oxygens (including phenoxy) is 1. The van der Waals surface area contributed by atoms with Gasteiger partial charge in [0, 0.05) is 37.5 Å². The van der Waals surface area contributed by atoms with Crippen molar-refractivity contribution in [1.82, 2.24) is 0 Å². The molecule has 1 aliphatic rings. The van der Waals surface area contributed by atoms with Crippen LogP contribution in [0.5, 0.6) is 0 Å². The molecule has 0 aromatic heterocycles. The molecular formula is C14H20ClNO2. The molecule has 0 radical (unpaired) electrons. The second-order valence-electron chi connectivity index (χ2n) is 4.82. The molecule has 0 unspecified atom stereocenters. The summed E-state index contributed by atoms with van der Waals surface area (Å²) in [6.45, 7) is 2.94. The fourth-order valence-electron chi connectivity index (χ4n) is 2.45. The van der Waals surface area contributed by atoms with Gasteiger partial charge >= 0.3 is 0 Å². The first kappa shape index (κ1) is 13.7. The molecule has 0 amide bonds. The Bertz CT molecular complexity index is 389. The average Bonchev–Trinajstić information content (AvgIpc) is 2.40. The highest BCUT2D eigenvalue weighted by atomic mass is 35.5. The van der Waals surface area contributed by atoms with Crippen LogP contribution in [0.4, 0.5) is 5.69 Å². The molecule has 1 N–H and O–H groups in total. The lowest BCUT2D eigenvalue weighted by atomic mass is 9.97. The number of benzene rings is 1. The van der Waals surface area contributed by atoms with E-state index in [1.54, 1.807) is 7.11 Å². The number of hydrogen-bond donors (Lipinski definition) is 1. The molecule has 4 heteroatoms. The highest BCUT2D eigenvalue weighted by Crippen LogP contribution is 2.27. The van der Waals surface area contributed by atoms with E-state index in [0.29, 0.717) is 10.9 Å². The van der Waals surface area contributed by atoms with Gasteiger partial charge in [-0.1, -0.05) is 17.7 Å². The second-order valence-corrected chi connectivity index (χ2v) is 5.23. The maximum atomic E-state index is 9.10. The fraction of sp³-hybridized carbons (Fsp3) is 0.571. The topological polar surface area (TPSA) is 32.7 Å². The lowest BCUT2D eigenvalue weighted by Gasteiger charge is -2.33. The zero-order chi connectivity index (χ0) is 13.0. The standard InChI is InChI=1S/C14H20ClNO2/c1-18-10-11-4-6-16(7-5-11)13-3-2-12(9-17)14(15)8-13/h2-3,8,11,17H,4-7,9-10H2,1H3. The van der Waals surface area contributed by atoms with Crippen LogP contribution in [-0.4, -0.2) is 31.9 Å². The van der Waals surface area contributed by atoms with Gasteiger partial charge < -0.3 is 14.7 Å². The van der Waals surface area contributed by atoms with E-state index in [2.05, 4.69) is 4.90 Å². The van der Waals surface area contributed by atoms with Crippen molar-refractivity contribution in [1.29, 1.82) is 0 Å². The summed E-state index contributed by atoms with van der Waals surface area (Å²) in [5, 5.41) is 9.75. The quantitative estimate of drug-likeness (QED) is 0.912. The summed E-state index contributed by atoms with van der Waals surface area (Å²) in [6.07, 6.45) is 2.32. The smallest absolute Gasteiger partial charge is 0.0696 e. The molecule has 2 rings (SSSR count). The molecule has 1 aromatic rings. The monoisotopic (exact) mass is 269 g/mol. The van der Waals surface area contributed by atoms with Gasteiger partial charge in [0.05, 0.1) is 6.61 Å². The number of nitrogens with zero attached hydrogens (tertiary/aromatic N) is 1. The summed E-state index contributed by atoms with van der Waals surface area (Å²) in [5.41, 5.74) is 1.93. The molecule has 0 aliphatic carbocycles. The number of halogens is 1. The number of rotatable bonds is 4. The molecule has 0 bridgehead atoms. The lowest BCUT2D eigenvalue weighted by molar-refractivity contribution is 0.139. The van der Waals surface area contributed by atoms with Gasteiger partial charge in [-0.05, 0) is 36.5 Å². The van der Waals surface area contributed by atoms with Crippen LogP contribution in [0.2, 0.25) is 5.02 Å². The highest BCUT2D eigenvalue weighted by Gasteiger charge is 2.19. The van der Waals surface area contributed by atoms with Crippen molar-refractivity contribution in [2.75, 3.05) is 31.7 Å². The fourth-order valence-corrected chi connectivity index (χ4v) is 2.69. The van der Waals surface area contributed by atoms with Crippen LogP contribution in [0.1, 0.15) is 18.4 Å². The van der Waals surface area contributed by atoms with Crippen LogP contribution < -0.4 is 4.90 Å². The van der Waals surface area contributed by atoms with Crippen molar-refractivity contribution >= 4 is 17.3 Å². The van der Waals surface area contributed by atoms with Gasteiger partial charge in [-0.3, -0.25) is 0 Å². The Labute approximate surface area is 113 Å². The molecule has 18 heavy (non-hydrogen) atoms. The number of anilines is 1. The normalized spacial score (nSPS) is 17.2. The maximum Gasteiger partial charge on any atom is 0.0696 e. The van der Waals surface area contributed by atoms with E-state index in [9.17, 15) is 0 Å². The van der Waals surface area contributed by atoms with Crippen molar-refractivity contribution in [2.24, 2.45) is 5.92 Å². The van der Waals surface area contributed by atoms with E-state index in [4.69, 9.17) is 21.4 Å². The van der Waals surface area contributed by atoms with Gasteiger partial charge in [-0.2, -0.15) is 0 Å². The molecule has 1 aromatic carbocycles. The van der Waals surface area contributed by atoms with Gasteiger partial charge in [-0.15, -0.1) is 0 Å². The first-order valence-corrected chi connectivity index (χ1v) is 6.75. The summed E-state index contributed by atoms with van der Waals surface area (Å²) < 4.78 is 5.20. The van der Waals surface area contributed by atoms with E-state index < -0.39 is 0 Å². The Balaban J connectivity index is 1.99. The minimum Gasteiger partial charge on any atom is -0.392 e. The zero-order valence-electron chi connectivity index (χ0n) is 10.7. The molecule has 3 nitrogen and oxygen atoms in total. The van der Waals surface area contributed by atoms with E-state index in [1.165, 1.54) is 0 Å². The van der Waals surface area contributed by atoms with Gasteiger partial charge in [-0.25, -0.2) is 0 Å². The van der Waals surface area contributed by atoms with Crippen molar-refractivity contribution in [3.63, 3.8) is 0 Å². The first-order chi connectivity index (χ1) is 8.74. The van der Waals surface area contributed by atoms with Crippen molar-refractivity contribution in [3.05, 3.63) is 28.8 Å². The number of aliphatic hydroxyl groups is 1. The molecule has 0 saturated carbocycles. The summed E-state index contributed by atoms with van der Waals surface area (Å²) in [5.74, 6) is 0.679. The molecule has 1 saturated heterocycles. The van der Waals surface area contributed by atoms with Crippen LogP contribution in [-0.2, 0) is 11.3 Å². The van der Waals surface area contributed by atoms with E-state index in [-0.39, 0.29) is 6.61 Å². The van der Waals surface area contributed by atoms with E-state index in [1.807, 2.05) is 18.2 Å². The predicted octanol–water partition coefficient (Wildman–Crippen LogP) is 2.70. The third kappa shape index (κ3) is 3.16. The largest absolute Gasteiger partial charge is 0.392 e. The second kappa shape index (κ2) is 6.41. The summed E-state index contributed by atoms with van der Waals surface area (Å²) in [4.78, 5) is 2.35. The van der Waals surface area contributed by atoms with Gasteiger partial charge in [0.1, 0.15) is 0 Å². The Kier molecular flexibility index (Phi) is 4.87. The lowest BCUT2D eigenvalue weighted by Crippen LogP contribution is -2.34. The zero-order valence-corrected chi connectivity index (χ0v) is 11.5. The van der Waals surface area contributed by atoms with Crippen LogP contribution in [0, 0.1) is 5.92 Å². The predicted molar refractivity (Wildman–Crippen MR) is 74.2 cm³/mol.